The molecule has 0 saturated carbocycles. The summed E-state index contributed by atoms with van der Waals surface area (Å²) in [6.45, 7) is 0. The lowest BCUT2D eigenvalue weighted by Crippen LogP contribution is -2.46. The third-order valence-corrected chi connectivity index (χ3v) is 5.12. The van der Waals surface area contributed by atoms with E-state index >= 15 is 0 Å². The van der Waals surface area contributed by atoms with Gasteiger partial charge in [0.25, 0.3) is 5.91 Å². The minimum atomic E-state index is -1.14. The Morgan fingerprint density at radius 2 is 1.43 bits per heavy atom. The topological polar surface area (TPSA) is 72.2 Å². The highest BCUT2D eigenvalue weighted by atomic mass is 19.2. The molecular weight excluding hydrogens is 386 g/mol. The number of amides is 2. The highest BCUT2D eigenvalue weighted by Crippen LogP contribution is 2.29. The maximum Gasteiger partial charge on any atom is 0.252 e. The second-order valence-corrected chi connectivity index (χ2v) is 7.06. The van der Waals surface area contributed by atoms with Crippen LogP contribution in [0, 0.1) is 11.6 Å². The fourth-order valence-electron chi connectivity index (χ4n) is 3.63. The standard InChI is InChI=1S/C24H18F2N2O2/c25-20-10-9-16(12-21(20)26)24(30)28-22(23(27)29)13-19-17-7-3-1-5-14(17)11-15-6-2-4-8-18(15)19/h1-12,22H,13H2,(H2,27,29)(H,28,30)/t22-/m1/s1. The zero-order valence-electron chi connectivity index (χ0n) is 15.9. The molecule has 3 N–H and O–H groups in total. The fraction of sp³-hybridized carbons (Fsp3) is 0.0833. The largest absolute Gasteiger partial charge is 0.368 e. The molecule has 6 heteroatoms. The number of hydrogen-bond donors (Lipinski definition) is 2. The Morgan fingerprint density at radius 3 is 2.00 bits per heavy atom. The molecular formula is C24H18F2N2O2. The molecule has 4 aromatic carbocycles. The molecule has 4 aromatic rings. The van der Waals surface area contributed by atoms with E-state index in [9.17, 15) is 18.4 Å². The van der Waals surface area contributed by atoms with Gasteiger partial charge in [-0.2, -0.15) is 0 Å². The summed E-state index contributed by atoms with van der Waals surface area (Å²) in [5.74, 6) is -3.62. The van der Waals surface area contributed by atoms with E-state index in [2.05, 4.69) is 11.4 Å². The number of nitrogens with one attached hydrogen (secondary N) is 1. The average molecular weight is 404 g/mol. The smallest absolute Gasteiger partial charge is 0.252 e. The molecule has 0 saturated heterocycles. The molecule has 0 aliphatic heterocycles. The maximum absolute atomic E-state index is 13.5. The van der Waals surface area contributed by atoms with E-state index in [1.807, 2.05) is 48.5 Å². The van der Waals surface area contributed by atoms with Crippen molar-refractivity contribution < 1.29 is 18.4 Å². The van der Waals surface area contributed by atoms with Crippen LogP contribution < -0.4 is 11.1 Å². The molecule has 30 heavy (non-hydrogen) atoms. The summed E-state index contributed by atoms with van der Waals surface area (Å²) in [5.41, 5.74) is 6.34. The van der Waals surface area contributed by atoms with Crippen LogP contribution >= 0.6 is 0 Å². The van der Waals surface area contributed by atoms with E-state index in [1.165, 1.54) is 0 Å². The Labute approximate surface area is 171 Å². The average Bonchev–Trinajstić information content (AvgIpc) is 2.74. The van der Waals surface area contributed by atoms with E-state index < -0.39 is 29.5 Å². The third kappa shape index (κ3) is 3.72. The minimum Gasteiger partial charge on any atom is -0.368 e. The zero-order chi connectivity index (χ0) is 21.3. The molecule has 0 heterocycles. The summed E-state index contributed by atoms with van der Waals surface area (Å²) in [4.78, 5) is 24.7. The van der Waals surface area contributed by atoms with Crippen LogP contribution in [0.25, 0.3) is 21.5 Å². The van der Waals surface area contributed by atoms with Crippen molar-refractivity contribution in [2.24, 2.45) is 5.73 Å². The molecule has 0 aliphatic carbocycles. The highest BCUT2D eigenvalue weighted by Gasteiger charge is 2.22. The Morgan fingerprint density at radius 1 is 0.833 bits per heavy atom. The van der Waals surface area contributed by atoms with Gasteiger partial charge in [-0.1, -0.05) is 48.5 Å². The van der Waals surface area contributed by atoms with Crippen LogP contribution in [0.15, 0.2) is 72.8 Å². The van der Waals surface area contributed by atoms with Gasteiger partial charge in [0.15, 0.2) is 11.6 Å². The number of fused-ring (bicyclic) bond motifs is 2. The first-order valence-electron chi connectivity index (χ1n) is 9.38. The zero-order valence-corrected chi connectivity index (χ0v) is 15.9. The lowest BCUT2D eigenvalue weighted by molar-refractivity contribution is -0.119. The molecule has 4 rings (SSSR count). The van der Waals surface area contributed by atoms with Crippen molar-refractivity contribution >= 4 is 33.4 Å². The van der Waals surface area contributed by atoms with Crippen LogP contribution in [-0.4, -0.2) is 17.9 Å². The molecule has 0 unspecified atom stereocenters. The van der Waals surface area contributed by atoms with Gasteiger partial charge in [0.2, 0.25) is 5.91 Å². The number of carbonyl (C=O) groups excluding carboxylic acids is 2. The SMILES string of the molecule is NC(=O)[C@@H](Cc1c2ccccc2cc2ccccc12)NC(=O)c1ccc(F)c(F)c1. The van der Waals surface area contributed by atoms with Crippen molar-refractivity contribution in [3.63, 3.8) is 0 Å². The summed E-state index contributed by atoms with van der Waals surface area (Å²) < 4.78 is 26.6. The molecule has 4 nitrogen and oxygen atoms in total. The number of benzene rings is 4. The Hall–Kier alpha value is -3.80. The predicted molar refractivity (Wildman–Crippen MR) is 112 cm³/mol. The molecule has 0 aliphatic rings. The minimum absolute atomic E-state index is 0.0945. The first-order chi connectivity index (χ1) is 14.4. The van der Waals surface area contributed by atoms with Crippen LogP contribution in [0.2, 0.25) is 0 Å². The van der Waals surface area contributed by atoms with Crippen molar-refractivity contribution in [3.8, 4) is 0 Å². The molecule has 0 fully saturated rings. The van der Waals surface area contributed by atoms with E-state index in [1.54, 1.807) is 0 Å². The number of halogens is 2. The number of carbonyl (C=O) groups is 2. The lowest BCUT2D eigenvalue weighted by atomic mass is 9.92. The Bertz CT molecular complexity index is 1230. The van der Waals surface area contributed by atoms with E-state index in [0.717, 1.165) is 45.3 Å². The van der Waals surface area contributed by atoms with Crippen molar-refractivity contribution in [3.05, 3.63) is 95.6 Å². The van der Waals surface area contributed by atoms with E-state index in [4.69, 9.17) is 5.73 Å². The van der Waals surface area contributed by atoms with Crippen molar-refractivity contribution in [1.82, 2.24) is 5.32 Å². The molecule has 0 aromatic heterocycles. The highest BCUT2D eigenvalue weighted by molar-refractivity contribution is 6.03. The molecule has 0 bridgehead atoms. The Balaban J connectivity index is 1.72. The quantitative estimate of drug-likeness (QED) is 0.492. The van der Waals surface area contributed by atoms with Gasteiger partial charge in [-0.25, -0.2) is 8.78 Å². The van der Waals surface area contributed by atoms with Crippen LogP contribution in [0.4, 0.5) is 8.78 Å². The third-order valence-electron chi connectivity index (χ3n) is 5.12. The van der Waals surface area contributed by atoms with Crippen LogP contribution in [0.5, 0.6) is 0 Å². The van der Waals surface area contributed by atoms with Gasteiger partial charge in [-0.15, -0.1) is 0 Å². The van der Waals surface area contributed by atoms with Crippen LogP contribution in [-0.2, 0) is 11.2 Å². The number of primary amides is 1. The summed E-state index contributed by atoms with van der Waals surface area (Å²) in [5, 5.41) is 6.45. The van der Waals surface area contributed by atoms with Gasteiger partial charge in [0.1, 0.15) is 6.04 Å². The van der Waals surface area contributed by atoms with Gasteiger partial charge in [-0.05, 0) is 51.4 Å². The molecule has 0 spiro atoms. The van der Waals surface area contributed by atoms with Crippen LogP contribution in [0.1, 0.15) is 15.9 Å². The summed E-state index contributed by atoms with van der Waals surface area (Å²) >= 11 is 0. The second kappa shape index (κ2) is 7.91. The lowest BCUT2D eigenvalue weighted by Gasteiger charge is -2.19. The Kier molecular flexibility index (Phi) is 5.14. The van der Waals surface area contributed by atoms with E-state index in [0.29, 0.717) is 0 Å². The summed E-state index contributed by atoms with van der Waals surface area (Å²) in [7, 11) is 0. The summed E-state index contributed by atoms with van der Waals surface area (Å²) in [6, 6.07) is 19.4. The summed E-state index contributed by atoms with van der Waals surface area (Å²) in [6.07, 6.45) is 0.159. The first kappa shape index (κ1) is 19.5. The number of nitrogens with two attached hydrogens (primary N) is 1. The molecule has 0 radical (unpaired) electrons. The predicted octanol–water partition coefficient (Wildman–Crippen LogP) is 4.10. The van der Waals surface area contributed by atoms with Crippen molar-refractivity contribution in [2.45, 2.75) is 12.5 Å². The number of rotatable bonds is 5. The van der Waals surface area contributed by atoms with Gasteiger partial charge < -0.3 is 11.1 Å². The van der Waals surface area contributed by atoms with Gasteiger partial charge in [0.05, 0.1) is 0 Å². The van der Waals surface area contributed by atoms with Crippen molar-refractivity contribution in [2.75, 3.05) is 0 Å². The van der Waals surface area contributed by atoms with Crippen molar-refractivity contribution in [1.29, 1.82) is 0 Å². The van der Waals surface area contributed by atoms with Gasteiger partial charge >= 0.3 is 0 Å². The molecule has 150 valence electrons. The monoisotopic (exact) mass is 404 g/mol. The van der Waals surface area contributed by atoms with Gasteiger partial charge in [-0.3, -0.25) is 9.59 Å². The van der Waals surface area contributed by atoms with Gasteiger partial charge in [0, 0.05) is 12.0 Å². The van der Waals surface area contributed by atoms with E-state index in [-0.39, 0.29) is 12.0 Å². The molecule has 1 atom stereocenters. The molecule has 2 amide bonds. The normalized spacial score (nSPS) is 12.1. The fourth-order valence-corrected chi connectivity index (χ4v) is 3.63. The number of hydrogen-bond acceptors (Lipinski definition) is 2. The second-order valence-electron chi connectivity index (χ2n) is 7.06. The first-order valence-corrected chi connectivity index (χ1v) is 9.38. The van der Waals surface area contributed by atoms with Crippen LogP contribution in [0.3, 0.4) is 0 Å². The maximum atomic E-state index is 13.5.